The largest absolute Gasteiger partial charge is 0.103 e. The lowest BCUT2D eigenvalue weighted by atomic mass is 9.88. The molecule has 0 spiro atoms. The van der Waals surface area contributed by atoms with Gasteiger partial charge < -0.3 is 0 Å². The average Bonchev–Trinajstić information content (AvgIpc) is 2.69. The van der Waals surface area contributed by atoms with Gasteiger partial charge in [-0.3, -0.25) is 0 Å². The molecule has 0 amide bonds. The fraction of sp³-hybridized carbons (Fsp3) is 0.379. The van der Waals surface area contributed by atoms with E-state index in [0.29, 0.717) is 5.92 Å². The predicted molar refractivity (Wildman–Crippen MR) is 132 cm³/mol. The highest BCUT2D eigenvalue weighted by molar-refractivity contribution is 5.35. The zero-order valence-electron chi connectivity index (χ0n) is 19.5. The van der Waals surface area contributed by atoms with E-state index >= 15 is 0 Å². The summed E-state index contributed by atoms with van der Waals surface area (Å²) in [5, 5.41) is 0. The van der Waals surface area contributed by atoms with E-state index in [1.807, 2.05) is 19.1 Å². The lowest BCUT2D eigenvalue weighted by Crippen LogP contribution is -2.03. The Labute approximate surface area is 180 Å². The SMILES string of the molecule is C=CC/C=C(C)\C=C/C.CCCc1cc(C)ccc1C(C)Cc1ccc(C)cc1. The minimum Gasteiger partial charge on any atom is -0.103 e. The summed E-state index contributed by atoms with van der Waals surface area (Å²) in [5.74, 6) is 0.583. The van der Waals surface area contributed by atoms with Crippen LogP contribution in [0, 0.1) is 13.8 Å². The minimum absolute atomic E-state index is 0.583. The van der Waals surface area contributed by atoms with Crippen molar-refractivity contribution in [3.05, 3.63) is 107 Å². The third-order valence-corrected chi connectivity index (χ3v) is 5.05. The molecule has 0 fully saturated rings. The van der Waals surface area contributed by atoms with Crippen LogP contribution in [-0.4, -0.2) is 0 Å². The molecule has 0 N–H and O–H groups in total. The molecule has 0 radical (unpaired) electrons. The Morgan fingerprint density at radius 2 is 1.69 bits per heavy atom. The van der Waals surface area contributed by atoms with E-state index in [9.17, 15) is 0 Å². The number of benzene rings is 2. The normalized spacial score (nSPS) is 12.4. The van der Waals surface area contributed by atoms with Crippen LogP contribution in [0.4, 0.5) is 0 Å². The highest BCUT2D eigenvalue weighted by atomic mass is 14.2. The van der Waals surface area contributed by atoms with E-state index in [0.717, 1.165) is 12.8 Å². The first kappa shape index (κ1) is 24.7. The van der Waals surface area contributed by atoms with Crippen molar-refractivity contribution in [2.75, 3.05) is 0 Å². The molecule has 0 heterocycles. The van der Waals surface area contributed by atoms with Crippen molar-refractivity contribution < 1.29 is 0 Å². The van der Waals surface area contributed by atoms with Crippen molar-refractivity contribution in [3.63, 3.8) is 0 Å². The number of allylic oxidation sites excluding steroid dienone is 5. The highest BCUT2D eigenvalue weighted by Gasteiger charge is 2.11. The van der Waals surface area contributed by atoms with Crippen LogP contribution < -0.4 is 0 Å². The van der Waals surface area contributed by atoms with Crippen molar-refractivity contribution in [2.45, 2.75) is 73.1 Å². The molecule has 1 atom stereocenters. The van der Waals surface area contributed by atoms with Crippen LogP contribution in [0.2, 0.25) is 0 Å². The Hall–Kier alpha value is -2.34. The highest BCUT2D eigenvalue weighted by Crippen LogP contribution is 2.26. The molecule has 0 bridgehead atoms. The maximum absolute atomic E-state index is 3.62. The van der Waals surface area contributed by atoms with Gasteiger partial charge in [-0.2, -0.15) is 0 Å². The maximum atomic E-state index is 3.62. The van der Waals surface area contributed by atoms with Crippen LogP contribution >= 0.6 is 0 Å². The Morgan fingerprint density at radius 1 is 1.03 bits per heavy atom. The average molecular weight is 389 g/mol. The standard InChI is InChI=1S/C20H26.C9H14/c1-5-6-19-13-16(3)9-12-20(19)17(4)14-18-10-7-15(2)8-11-18;1-4-6-8-9(3)7-5-2/h7-13,17H,5-6,14H2,1-4H3;4-5,7-8H,1,6H2,2-3H3/b;7-5-,9-8-. The number of hydrogen-bond donors (Lipinski definition) is 0. The lowest BCUT2D eigenvalue weighted by Gasteiger charge is -2.17. The van der Waals surface area contributed by atoms with E-state index in [4.69, 9.17) is 0 Å². The molecule has 0 aliphatic rings. The Balaban J connectivity index is 0.000000396. The van der Waals surface area contributed by atoms with E-state index in [-0.39, 0.29) is 0 Å². The van der Waals surface area contributed by atoms with Gasteiger partial charge in [-0.1, -0.05) is 104 Å². The molecule has 0 saturated heterocycles. The van der Waals surface area contributed by atoms with Gasteiger partial charge in [-0.25, -0.2) is 0 Å². The fourth-order valence-electron chi connectivity index (χ4n) is 3.49. The quantitative estimate of drug-likeness (QED) is 0.313. The van der Waals surface area contributed by atoms with Gasteiger partial charge in [-0.15, -0.1) is 6.58 Å². The second kappa shape index (κ2) is 13.8. The van der Waals surface area contributed by atoms with Gasteiger partial charge in [0.05, 0.1) is 0 Å². The Kier molecular flexibility index (Phi) is 11.7. The van der Waals surface area contributed by atoms with Crippen LogP contribution in [-0.2, 0) is 12.8 Å². The molecule has 2 aromatic carbocycles. The second-order valence-electron chi connectivity index (χ2n) is 8.02. The summed E-state index contributed by atoms with van der Waals surface area (Å²) in [6.07, 6.45) is 12.7. The summed E-state index contributed by atoms with van der Waals surface area (Å²) in [4.78, 5) is 0. The molecule has 2 rings (SSSR count). The molecule has 0 nitrogen and oxygen atoms in total. The molecule has 29 heavy (non-hydrogen) atoms. The zero-order valence-corrected chi connectivity index (χ0v) is 19.5. The van der Waals surface area contributed by atoms with Crippen molar-refractivity contribution >= 4 is 0 Å². The lowest BCUT2D eigenvalue weighted by molar-refractivity contribution is 0.739. The summed E-state index contributed by atoms with van der Waals surface area (Å²) in [7, 11) is 0. The van der Waals surface area contributed by atoms with Crippen LogP contribution in [0.15, 0.2) is 78.9 Å². The van der Waals surface area contributed by atoms with Crippen LogP contribution in [0.1, 0.15) is 74.3 Å². The number of hydrogen-bond acceptors (Lipinski definition) is 0. The molecule has 0 aliphatic heterocycles. The molecule has 156 valence electrons. The number of rotatable bonds is 8. The fourth-order valence-corrected chi connectivity index (χ4v) is 3.49. The smallest absolute Gasteiger partial charge is 0.0147 e. The van der Waals surface area contributed by atoms with Gasteiger partial charge in [0, 0.05) is 0 Å². The Bertz CT molecular complexity index is 787. The van der Waals surface area contributed by atoms with Gasteiger partial charge in [0.25, 0.3) is 0 Å². The summed E-state index contributed by atoms with van der Waals surface area (Å²) in [6, 6.07) is 15.9. The number of aryl methyl sites for hydroxylation is 3. The summed E-state index contributed by atoms with van der Waals surface area (Å²) >= 11 is 0. The van der Waals surface area contributed by atoms with Crippen molar-refractivity contribution in [1.82, 2.24) is 0 Å². The van der Waals surface area contributed by atoms with Gasteiger partial charge in [-0.05, 0) is 69.6 Å². The van der Waals surface area contributed by atoms with Crippen molar-refractivity contribution in [3.8, 4) is 0 Å². The molecule has 0 aliphatic carbocycles. The topological polar surface area (TPSA) is 0 Å². The van der Waals surface area contributed by atoms with Crippen LogP contribution in [0.5, 0.6) is 0 Å². The van der Waals surface area contributed by atoms with Crippen LogP contribution in [0.3, 0.4) is 0 Å². The van der Waals surface area contributed by atoms with E-state index in [1.54, 1.807) is 0 Å². The predicted octanol–water partition coefficient (Wildman–Crippen LogP) is 8.69. The molecular formula is C29H40. The monoisotopic (exact) mass is 388 g/mol. The maximum Gasteiger partial charge on any atom is -0.0147 e. The molecule has 2 aromatic rings. The summed E-state index contributed by atoms with van der Waals surface area (Å²) in [6.45, 7) is 16.7. The van der Waals surface area contributed by atoms with Gasteiger partial charge in [0.2, 0.25) is 0 Å². The minimum atomic E-state index is 0.583. The van der Waals surface area contributed by atoms with Gasteiger partial charge in [0.15, 0.2) is 0 Å². The van der Waals surface area contributed by atoms with Crippen molar-refractivity contribution in [2.24, 2.45) is 0 Å². The summed E-state index contributed by atoms with van der Waals surface area (Å²) in [5.41, 5.74) is 8.51. The molecule has 0 aromatic heterocycles. The molecular weight excluding hydrogens is 348 g/mol. The molecule has 0 saturated carbocycles. The third kappa shape index (κ3) is 9.61. The first-order chi connectivity index (χ1) is 13.9. The zero-order chi connectivity index (χ0) is 21.6. The molecule has 0 heteroatoms. The van der Waals surface area contributed by atoms with Gasteiger partial charge in [0.1, 0.15) is 0 Å². The van der Waals surface area contributed by atoms with E-state index in [1.165, 1.54) is 46.2 Å². The third-order valence-electron chi connectivity index (χ3n) is 5.05. The first-order valence-electron chi connectivity index (χ1n) is 11.0. The van der Waals surface area contributed by atoms with E-state index < -0.39 is 0 Å². The van der Waals surface area contributed by atoms with Crippen molar-refractivity contribution in [1.29, 1.82) is 0 Å². The van der Waals surface area contributed by atoms with E-state index in [2.05, 4.69) is 95.8 Å². The summed E-state index contributed by atoms with van der Waals surface area (Å²) < 4.78 is 0. The Morgan fingerprint density at radius 3 is 2.28 bits per heavy atom. The molecule has 1 unspecified atom stereocenters. The van der Waals surface area contributed by atoms with Gasteiger partial charge >= 0.3 is 0 Å². The second-order valence-corrected chi connectivity index (χ2v) is 8.02. The van der Waals surface area contributed by atoms with Crippen LogP contribution in [0.25, 0.3) is 0 Å². The first-order valence-corrected chi connectivity index (χ1v) is 11.0.